The fourth-order valence-corrected chi connectivity index (χ4v) is 2.57. The first-order valence-electron chi connectivity index (χ1n) is 7.12. The van der Waals surface area contributed by atoms with Crippen LogP contribution in [0.15, 0.2) is 6.07 Å². The zero-order chi connectivity index (χ0) is 14.4. The zero-order valence-electron chi connectivity index (χ0n) is 12.4. The average Bonchev–Trinajstić information content (AvgIpc) is 3.16. The molecule has 3 rings (SSSR count). The summed E-state index contributed by atoms with van der Waals surface area (Å²) < 4.78 is 1.77. The van der Waals surface area contributed by atoms with Gasteiger partial charge in [0.15, 0.2) is 5.65 Å². The minimum Gasteiger partial charge on any atom is -0.350 e. The smallest absolute Gasteiger partial charge is 0.252 e. The first-order valence-corrected chi connectivity index (χ1v) is 7.12. The molecule has 1 fully saturated rings. The molecule has 1 N–H and O–H groups in total. The van der Waals surface area contributed by atoms with Gasteiger partial charge in [0, 0.05) is 24.7 Å². The number of aromatic nitrogens is 3. The SMILES string of the molecule is Cc1nn(C)c2nc(C3CC3)cc(C(=O)NC(C)C)c12. The molecule has 0 aromatic carbocycles. The molecular weight excluding hydrogens is 252 g/mol. The second kappa shape index (κ2) is 4.58. The van der Waals surface area contributed by atoms with Crippen LogP contribution >= 0.6 is 0 Å². The molecule has 0 atom stereocenters. The van der Waals surface area contributed by atoms with E-state index in [9.17, 15) is 4.79 Å². The molecule has 20 heavy (non-hydrogen) atoms. The number of pyridine rings is 1. The molecule has 1 aliphatic rings. The van der Waals surface area contributed by atoms with Crippen LogP contribution in [0, 0.1) is 6.92 Å². The van der Waals surface area contributed by atoms with Crippen molar-refractivity contribution in [2.75, 3.05) is 0 Å². The van der Waals surface area contributed by atoms with Crippen LogP contribution in [0.5, 0.6) is 0 Å². The topological polar surface area (TPSA) is 59.8 Å². The average molecular weight is 272 g/mol. The predicted molar refractivity (Wildman–Crippen MR) is 77.8 cm³/mol. The molecule has 0 saturated heterocycles. The van der Waals surface area contributed by atoms with Crippen molar-refractivity contribution in [2.45, 2.75) is 45.6 Å². The number of aryl methyl sites for hydroxylation is 2. The summed E-state index contributed by atoms with van der Waals surface area (Å²) in [7, 11) is 1.88. The molecule has 1 aliphatic carbocycles. The van der Waals surface area contributed by atoms with E-state index in [4.69, 9.17) is 4.98 Å². The van der Waals surface area contributed by atoms with Crippen LogP contribution in [0.25, 0.3) is 11.0 Å². The van der Waals surface area contributed by atoms with Gasteiger partial charge in [0.05, 0.1) is 16.6 Å². The Bertz CT molecular complexity index is 683. The van der Waals surface area contributed by atoms with Gasteiger partial charge in [0.25, 0.3) is 5.91 Å². The highest BCUT2D eigenvalue weighted by molar-refractivity contribution is 6.06. The Hall–Kier alpha value is -1.91. The van der Waals surface area contributed by atoms with Gasteiger partial charge in [0.1, 0.15) is 0 Å². The lowest BCUT2D eigenvalue weighted by Gasteiger charge is -2.11. The van der Waals surface area contributed by atoms with Crippen molar-refractivity contribution >= 4 is 16.9 Å². The van der Waals surface area contributed by atoms with Crippen LogP contribution in [0.1, 0.15) is 54.4 Å². The third-order valence-electron chi connectivity index (χ3n) is 3.65. The fourth-order valence-electron chi connectivity index (χ4n) is 2.57. The van der Waals surface area contributed by atoms with Gasteiger partial charge in [-0.1, -0.05) is 0 Å². The molecule has 0 bridgehead atoms. The number of hydrogen-bond donors (Lipinski definition) is 1. The van der Waals surface area contributed by atoms with Crippen molar-refractivity contribution in [3.63, 3.8) is 0 Å². The molecule has 5 heteroatoms. The van der Waals surface area contributed by atoms with Gasteiger partial charge in [-0.25, -0.2) is 4.98 Å². The highest BCUT2D eigenvalue weighted by Gasteiger charge is 2.28. The Balaban J connectivity index is 2.19. The van der Waals surface area contributed by atoms with Crippen LogP contribution < -0.4 is 5.32 Å². The number of nitrogens with zero attached hydrogens (tertiary/aromatic N) is 3. The highest BCUT2D eigenvalue weighted by Crippen LogP contribution is 2.40. The molecule has 0 aliphatic heterocycles. The van der Waals surface area contributed by atoms with E-state index >= 15 is 0 Å². The lowest BCUT2D eigenvalue weighted by atomic mass is 10.1. The minimum absolute atomic E-state index is 0.0367. The quantitative estimate of drug-likeness (QED) is 0.932. The molecule has 0 radical (unpaired) electrons. The van der Waals surface area contributed by atoms with Crippen LogP contribution in [0.2, 0.25) is 0 Å². The van der Waals surface area contributed by atoms with Gasteiger partial charge >= 0.3 is 0 Å². The summed E-state index contributed by atoms with van der Waals surface area (Å²) in [5.41, 5.74) is 3.39. The number of amides is 1. The van der Waals surface area contributed by atoms with Crippen LogP contribution in [0.3, 0.4) is 0 Å². The van der Waals surface area contributed by atoms with Crippen LogP contribution in [0.4, 0.5) is 0 Å². The molecule has 0 unspecified atom stereocenters. The first-order chi connectivity index (χ1) is 9.47. The third kappa shape index (κ3) is 2.17. The van der Waals surface area contributed by atoms with Gasteiger partial charge < -0.3 is 5.32 Å². The lowest BCUT2D eigenvalue weighted by molar-refractivity contribution is 0.0944. The molecule has 0 spiro atoms. The molecule has 2 aromatic rings. The maximum atomic E-state index is 12.4. The number of carbonyl (C=O) groups excluding carboxylic acids is 1. The van der Waals surface area contributed by atoms with Crippen molar-refractivity contribution in [1.82, 2.24) is 20.1 Å². The first kappa shape index (κ1) is 13.1. The minimum atomic E-state index is -0.0367. The van der Waals surface area contributed by atoms with Crippen LogP contribution in [-0.4, -0.2) is 26.7 Å². The normalized spacial score (nSPS) is 15.1. The second-order valence-electron chi connectivity index (χ2n) is 5.90. The zero-order valence-corrected chi connectivity index (χ0v) is 12.4. The van der Waals surface area contributed by atoms with E-state index in [-0.39, 0.29) is 11.9 Å². The van der Waals surface area contributed by atoms with E-state index in [1.165, 1.54) is 12.8 Å². The summed E-state index contributed by atoms with van der Waals surface area (Å²) in [4.78, 5) is 17.2. The number of nitrogens with one attached hydrogen (secondary N) is 1. The predicted octanol–water partition coefficient (Wildman–Crippen LogP) is 2.29. The Labute approximate surface area is 118 Å². The highest BCUT2D eigenvalue weighted by atomic mass is 16.1. The lowest BCUT2D eigenvalue weighted by Crippen LogP contribution is -2.30. The number of carbonyl (C=O) groups is 1. The van der Waals surface area contributed by atoms with Crippen molar-refractivity contribution in [3.8, 4) is 0 Å². The van der Waals surface area contributed by atoms with E-state index in [0.717, 1.165) is 22.4 Å². The van der Waals surface area contributed by atoms with Gasteiger partial charge in [-0.3, -0.25) is 9.48 Å². The molecule has 1 saturated carbocycles. The summed E-state index contributed by atoms with van der Waals surface area (Å²) >= 11 is 0. The fraction of sp³-hybridized carbons (Fsp3) is 0.533. The maximum Gasteiger partial charge on any atom is 0.252 e. The Morgan fingerprint density at radius 1 is 1.45 bits per heavy atom. The summed E-state index contributed by atoms with van der Waals surface area (Å²) in [5.74, 6) is 0.477. The number of fused-ring (bicyclic) bond motifs is 1. The maximum absolute atomic E-state index is 12.4. The van der Waals surface area contributed by atoms with Crippen molar-refractivity contribution < 1.29 is 4.79 Å². The van der Waals surface area contributed by atoms with Gasteiger partial charge in [0.2, 0.25) is 0 Å². The van der Waals surface area contributed by atoms with Gasteiger partial charge in [-0.15, -0.1) is 0 Å². The van der Waals surface area contributed by atoms with E-state index in [2.05, 4.69) is 10.4 Å². The van der Waals surface area contributed by atoms with E-state index in [1.54, 1.807) is 4.68 Å². The van der Waals surface area contributed by atoms with Gasteiger partial charge in [-0.2, -0.15) is 5.10 Å². The number of hydrogen-bond acceptors (Lipinski definition) is 3. The van der Waals surface area contributed by atoms with Crippen molar-refractivity contribution in [1.29, 1.82) is 0 Å². The Kier molecular flexibility index (Phi) is 3.00. The van der Waals surface area contributed by atoms with E-state index < -0.39 is 0 Å². The summed E-state index contributed by atoms with van der Waals surface area (Å²) in [6, 6.07) is 2.07. The van der Waals surface area contributed by atoms with E-state index in [0.29, 0.717) is 11.5 Å². The standard InChI is InChI=1S/C15H20N4O/c1-8(2)16-15(20)11-7-12(10-5-6-10)17-14-13(11)9(3)18-19(14)4/h7-8,10H,5-6H2,1-4H3,(H,16,20). The molecule has 106 valence electrons. The van der Waals surface area contributed by atoms with Crippen molar-refractivity contribution in [3.05, 3.63) is 23.0 Å². The number of rotatable bonds is 3. The summed E-state index contributed by atoms with van der Waals surface area (Å²) in [6.45, 7) is 5.86. The molecule has 1 amide bonds. The monoisotopic (exact) mass is 272 g/mol. The third-order valence-corrected chi connectivity index (χ3v) is 3.65. The second-order valence-corrected chi connectivity index (χ2v) is 5.90. The molecule has 2 heterocycles. The van der Waals surface area contributed by atoms with Crippen molar-refractivity contribution in [2.24, 2.45) is 7.05 Å². The summed E-state index contributed by atoms with van der Waals surface area (Å²) in [6.07, 6.45) is 2.33. The van der Waals surface area contributed by atoms with Gasteiger partial charge in [-0.05, 0) is 39.7 Å². The Morgan fingerprint density at radius 3 is 2.75 bits per heavy atom. The Morgan fingerprint density at radius 2 is 2.15 bits per heavy atom. The molecule has 2 aromatic heterocycles. The largest absolute Gasteiger partial charge is 0.350 e. The molecule has 5 nitrogen and oxygen atoms in total. The van der Waals surface area contributed by atoms with Crippen LogP contribution in [-0.2, 0) is 7.05 Å². The van der Waals surface area contributed by atoms with E-state index in [1.807, 2.05) is 33.9 Å². The molecular formula is C15H20N4O. The summed E-state index contributed by atoms with van der Waals surface area (Å²) in [5, 5.41) is 8.25.